The summed E-state index contributed by atoms with van der Waals surface area (Å²) in [5, 5.41) is 11.9. The van der Waals surface area contributed by atoms with Crippen LogP contribution in [0.3, 0.4) is 0 Å². The number of anilines is 2. The van der Waals surface area contributed by atoms with Crippen molar-refractivity contribution in [2.24, 2.45) is 0 Å². The molecular formula is C17H14FN3O2S2. The molecule has 0 saturated carbocycles. The van der Waals surface area contributed by atoms with Crippen LogP contribution in [0.2, 0.25) is 0 Å². The van der Waals surface area contributed by atoms with E-state index in [-0.39, 0.29) is 11.5 Å². The van der Waals surface area contributed by atoms with E-state index >= 15 is 0 Å². The molecule has 8 heteroatoms. The van der Waals surface area contributed by atoms with Crippen molar-refractivity contribution in [1.29, 1.82) is 0 Å². The minimum absolute atomic E-state index is 0.154. The van der Waals surface area contributed by atoms with E-state index in [1.807, 2.05) is 24.3 Å². The van der Waals surface area contributed by atoms with E-state index in [4.69, 9.17) is 4.74 Å². The number of ketones is 1. The Bertz CT molecular complexity index is 886. The van der Waals surface area contributed by atoms with Gasteiger partial charge in [-0.1, -0.05) is 47.4 Å². The van der Waals surface area contributed by atoms with Crippen LogP contribution in [0.15, 0.2) is 52.9 Å². The quantitative estimate of drug-likeness (QED) is 0.488. The van der Waals surface area contributed by atoms with Crippen molar-refractivity contribution in [2.75, 3.05) is 18.2 Å². The van der Waals surface area contributed by atoms with Gasteiger partial charge in [-0.05, 0) is 24.3 Å². The molecule has 3 rings (SSSR count). The van der Waals surface area contributed by atoms with E-state index < -0.39 is 5.82 Å². The van der Waals surface area contributed by atoms with Crippen LogP contribution >= 0.6 is 23.1 Å². The Kier molecular flexibility index (Phi) is 5.62. The summed E-state index contributed by atoms with van der Waals surface area (Å²) in [7, 11) is 1.60. The van der Waals surface area contributed by atoms with Crippen molar-refractivity contribution < 1.29 is 13.9 Å². The zero-order chi connectivity index (χ0) is 17.6. The molecule has 0 saturated heterocycles. The summed E-state index contributed by atoms with van der Waals surface area (Å²) in [5.74, 6) is 0.300. The molecule has 1 N–H and O–H groups in total. The predicted octanol–water partition coefficient (Wildman–Crippen LogP) is 4.40. The van der Waals surface area contributed by atoms with Gasteiger partial charge >= 0.3 is 0 Å². The van der Waals surface area contributed by atoms with Gasteiger partial charge in [0.1, 0.15) is 11.6 Å². The first-order chi connectivity index (χ1) is 12.2. The van der Waals surface area contributed by atoms with Crippen molar-refractivity contribution in [1.82, 2.24) is 10.2 Å². The molecule has 0 aliphatic heterocycles. The molecule has 0 aliphatic carbocycles. The smallest absolute Gasteiger partial charge is 0.210 e. The number of Topliss-reactive ketones (excluding diaryl/α,β-unsaturated/α-hetero) is 1. The summed E-state index contributed by atoms with van der Waals surface area (Å²) in [4.78, 5) is 12.1. The van der Waals surface area contributed by atoms with Crippen molar-refractivity contribution in [3.8, 4) is 5.75 Å². The Labute approximate surface area is 152 Å². The zero-order valence-corrected chi connectivity index (χ0v) is 14.9. The number of methoxy groups -OCH3 is 1. The molecule has 0 bridgehead atoms. The lowest BCUT2D eigenvalue weighted by Crippen LogP contribution is -2.02. The zero-order valence-electron chi connectivity index (χ0n) is 13.2. The second-order valence-electron chi connectivity index (χ2n) is 4.92. The number of hydrogen-bond acceptors (Lipinski definition) is 7. The van der Waals surface area contributed by atoms with E-state index in [1.165, 1.54) is 41.3 Å². The maximum atomic E-state index is 13.2. The number of hydrogen-bond donors (Lipinski definition) is 1. The van der Waals surface area contributed by atoms with Gasteiger partial charge in [0, 0.05) is 5.56 Å². The number of benzene rings is 2. The van der Waals surface area contributed by atoms with E-state index in [0.717, 1.165) is 5.69 Å². The van der Waals surface area contributed by atoms with Crippen molar-refractivity contribution >= 4 is 39.7 Å². The van der Waals surface area contributed by atoms with Gasteiger partial charge in [-0.25, -0.2) is 4.39 Å². The lowest BCUT2D eigenvalue weighted by atomic mass is 10.1. The molecule has 2 aromatic carbocycles. The monoisotopic (exact) mass is 375 g/mol. The molecule has 0 amide bonds. The van der Waals surface area contributed by atoms with Crippen LogP contribution in [0.4, 0.5) is 15.2 Å². The van der Waals surface area contributed by atoms with E-state index in [2.05, 4.69) is 15.5 Å². The topological polar surface area (TPSA) is 64.1 Å². The van der Waals surface area contributed by atoms with Crippen LogP contribution in [0.5, 0.6) is 5.75 Å². The van der Waals surface area contributed by atoms with Crippen LogP contribution in [0.25, 0.3) is 0 Å². The highest BCUT2D eigenvalue weighted by Crippen LogP contribution is 2.31. The molecule has 0 atom stereocenters. The molecule has 0 fully saturated rings. The van der Waals surface area contributed by atoms with Crippen molar-refractivity contribution in [2.45, 2.75) is 4.34 Å². The Hall–Kier alpha value is -2.45. The van der Waals surface area contributed by atoms with E-state index in [0.29, 0.717) is 20.8 Å². The first kappa shape index (κ1) is 17.4. The number of para-hydroxylation sites is 2. The van der Waals surface area contributed by atoms with Gasteiger partial charge in [-0.15, -0.1) is 10.2 Å². The summed E-state index contributed by atoms with van der Waals surface area (Å²) < 4.78 is 19.1. The molecular weight excluding hydrogens is 361 g/mol. The van der Waals surface area contributed by atoms with Crippen molar-refractivity contribution in [3.63, 3.8) is 0 Å². The van der Waals surface area contributed by atoms with Crippen LogP contribution in [-0.4, -0.2) is 28.8 Å². The fourth-order valence-corrected chi connectivity index (χ4v) is 3.71. The molecule has 1 heterocycles. The summed E-state index contributed by atoms with van der Waals surface area (Å²) in [6, 6.07) is 13.1. The number of nitrogens with one attached hydrogen (secondary N) is 1. The summed E-state index contributed by atoms with van der Waals surface area (Å²) in [6.45, 7) is 0. The average Bonchev–Trinajstić information content (AvgIpc) is 3.07. The summed E-state index contributed by atoms with van der Waals surface area (Å²) in [5.41, 5.74) is 1.14. The largest absolute Gasteiger partial charge is 0.495 e. The minimum atomic E-state index is -0.421. The lowest BCUT2D eigenvalue weighted by molar-refractivity contribution is 0.102. The normalized spacial score (nSPS) is 10.5. The van der Waals surface area contributed by atoms with Gasteiger partial charge in [0.05, 0.1) is 18.6 Å². The summed E-state index contributed by atoms with van der Waals surface area (Å²) in [6.07, 6.45) is 0. The van der Waals surface area contributed by atoms with Crippen LogP contribution in [0, 0.1) is 5.82 Å². The molecule has 0 aliphatic rings. The van der Waals surface area contributed by atoms with Gasteiger partial charge < -0.3 is 10.1 Å². The number of halogens is 1. The highest BCUT2D eigenvalue weighted by Gasteiger charge is 2.11. The maximum Gasteiger partial charge on any atom is 0.210 e. The Balaban J connectivity index is 1.61. The molecule has 0 spiro atoms. The SMILES string of the molecule is COc1ccccc1Nc1nnc(SCC(=O)c2cccc(F)c2)s1. The minimum Gasteiger partial charge on any atom is -0.495 e. The predicted molar refractivity (Wildman–Crippen MR) is 97.6 cm³/mol. The highest BCUT2D eigenvalue weighted by atomic mass is 32.2. The van der Waals surface area contributed by atoms with Gasteiger partial charge in [0.25, 0.3) is 0 Å². The highest BCUT2D eigenvalue weighted by molar-refractivity contribution is 8.01. The maximum absolute atomic E-state index is 13.2. The molecule has 25 heavy (non-hydrogen) atoms. The number of thioether (sulfide) groups is 1. The second kappa shape index (κ2) is 8.09. The van der Waals surface area contributed by atoms with Gasteiger partial charge in [-0.2, -0.15) is 0 Å². The first-order valence-corrected chi connectivity index (χ1v) is 9.11. The van der Waals surface area contributed by atoms with Gasteiger partial charge in [0.2, 0.25) is 5.13 Å². The number of rotatable bonds is 7. The van der Waals surface area contributed by atoms with Crippen LogP contribution < -0.4 is 10.1 Å². The Morgan fingerprint density at radius 3 is 2.88 bits per heavy atom. The Morgan fingerprint density at radius 2 is 2.08 bits per heavy atom. The standard InChI is InChI=1S/C17H14FN3O2S2/c1-23-15-8-3-2-7-13(15)19-16-20-21-17(25-16)24-10-14(22)11-5-4-6-12(18)9-11/h2-9H,10H2,1H3,(H,19,20). The average molecular weight is 375 g/mol. The number of nitrogens with zero attached hydrogens (tertiary/aromatic N) is 2. The van der Waals surface area contributed by atoms with E-state index in [9.17, 15) is 9.18 Å². The van der Waals surface area contributed by atoms with Crippen LogP contribution in [0.1, 0.15) is 10.4 Å². The third-order valence-electron chi connectivity index (χ3n) is 3.23. The number of carbonyl (C=O) groups is 1. The number of carbonyl (C=O) groups excluding carboxylic acids is 1. The molecule has 0 unspecified atom stereocenters. The van der Waals surface area contributed by atoms with Crippen molar-refractivity contribution in [3.05, 3.63) is 59.9 Å². The molecule has 5 nitrogen and oxygen atoms in total. The second-order valence-corrected chi connectivity index (χ2v) is 7.12. The number of ether oxygens (including phenoxy) is 1. The fraction of sp³-hybridized carbons (Fsp3) is 0.118. The Morgan fingerprint density at radius 1 is 1.24 bits per heavy atom. The third kappa shape index (κ3) is 4.55. The molecule has 3 aromatic rings. The van der Waals surface area contributed by atoms with Gasteiger partial charge in [0.15, 0.2) is 10.1 Å². The molecule has 1 aromatic heterocycles. The van der Waals surface area contributed by atoms with Gasteiger partial charge in [-0.3, -0.25) is 4.79 Å². The van der Waals surface area contributed by atoms with Crippen LogP contribution in [-0.2, 0) is 0 Å². The van der Waals surface area contributed by atoms with E-state index in [1.54, 1.807) is 13.2 Å². The molecule has 0 radical (unpaired) electrons. The third-order valence-corrected chi connectivity index (χ3v) is 5.20. The fourth-order valence-electron chi connectivity index (χ4n) is 2.05. The summed E-state index contributed by atoms with van der Waals surface area (Å²) >= 11 is 2.61. The molecule has 128 valence electrons. The lowest BCUT2D eigenvalue weighted by Gasteiger charge is -2.07. The number of aromatic nitrogens is 2. The first-order valence-electron chi connectivity index (χ1n) is 7.31.